The number of carbonyl (C=O) groups excluding carboxylic acids is 2. The average molecular weight is 357 g/mol. The second kappa shape index (κ2) is 10.1. The van der Waals surface area contributed by atoms with Gasteiger partial charge < -0.3 is 20.1 Å². The van der Waals surface area contributed by atoms with E-state index in [1.54, 1.807) is 31.4 Å². The molecule has 0 radical (unpaired) electrons. The average Bonchev–Trinajstić information content (AvgIpc) is 2.67. The minimum atomic E-state index is -0.337. The molecule has 0 atom stereocenters. The van der Waals surface area contributed by atoms with Crippen molar-refractivity contribution in [2.24, 2.45) is 0 Å². The number of benzene rings is 1. The fourth-order valence-electron chi connectivity index (χ4n) is 2.21. The summed E-state index contributed by atoms with van der Waals surface area (Å²) in [7, 11) is 1.61. The molecule has 2 aromatic rings. The number of anilines is 1. The highest BCUT2D eigenvalue weighted by atomic mass is 16.5. The van der Waals surface area contributed by atoms with Crippen molar-refractivity contribution in [1.82, 2.24) is 10.3 Å². The molecule has 2 N–H and O–H groups in total. The van der Waals surface area contributed by atoms with E-state index in [0.717, 1.165) is 5.75 Å². The van der Waals surface area contributed by atoms with Crippen LogP contribution >= 0.6 is 0 Å². The Morgan fingerprint density at radius 3 is 2.42 bits per heavy atom. The summed E-state index contributed by atoms with van der Waals surface area (Å²) in [5.41, 5.74) is 1.28. The van der Waals surface area contributed by atoms with E-state index in [1.165, 1.54) is 18.5 Å². The van der Waals surface area contributed by atoms with Crippen molar-refractivity contribution in [2.75, 3.05) is 32.2 Å². The predicted molar refractivity (Wildman–Crippen MR) is 98.6 cm³/mol. The monoisotopic (exact) mass is 357 g/mol. The number of nitrogens with zero attached hydrogens (tertiary/aromatic N) is 1. The summed E-state index contributed by atoms with van der Waals surface area (Å²) in [6.45, 7) is 3.56. The molecule has 0 aliphatic rings. The van der Waals surface area contributed by atoms with E-state index in [1.807, 2.05) is 6.92 Å². The van der Waals surface area contributed by atoms with Gasteiger partial charge in [-0.05, 0) is 43.7 Å². The van der Waals surface area contributed by atoms with Crippen LogP contribution in [0.4, 0.5) is 5.69 Å². The van der Waals surface area contributed by atoms with Gasteiger partial charge in [-0.25, -0.2) is 0 Å². The zero-order chi connectivity index (χ0) is 18.8. The van der Waals surface area contributed by atoms with Gasteiger partial charge in [-0.3, -0.25) is 14.6 Å². The molecule has 0 aliphatic carbocycles. The number of pyridine rings is 1. The highest BCUT2D eigenvalue weighted by molar-refractivity contribution is 6.05. The highest BCUT2D eigenvalue weighted by Gasteiger charge is 2.11. The third-order valence-electron chi connectivity index (χ3n) is 3.50. The Hall–Kier alpha value is -2.93. The maximum atomic E-state index is 12.4. The second-order valence-corrected chi connectivity index (χ2v) is 5.48. The van der Waals surface area contributed by atoms with Gasteiger partial charge in [-0.1, -0.05) is 0 Å². The molecule has 7 heteroatoms. The van der Waals surface area contributed by atoms with E-state index in [4.69, 9.17) is 9.47 Å². The molecular weight excluding hydrogens is 334 g/mol. The van der Waals surface area contributed by atoms with Crippen LogP contribution in [0.15, 0.2) is 42.7 Å². The topological polar surface area (TPSA) is 89.5 Å². The predicted octanol–water partition coefficient (Wildman–Crippen LogP) is 2.50. The summed E-state index contributed by atoms with van der Waals surface area (Å²) >= 11 is 0. The number of amides is 2. The third-order valence-corrected chi connectivity index (χ3v) is 3.50. The van der Waals surface area contributed by atoms with Gasteiger partial charge in [-0.2, -0.15) is 0 Å². The molecule has 1 heterocycles. The molecule has 0 unspecified atom stereocenters. The maximum Gasteiger partial charge on any atom is 0.257 e. The van der Waals surface area contributed by atoms with Crippen LogP contribution in [0.3, 0.4) is 0 Å². The number of nitrogens with one attached hydrogen (secondary N) is 2. The van der Waals surface area contributed by atoms with Crippen molar-refractivity contribution in [3.05, 3.63) is 53.9 Å². The van der Waals surface area contributed by atoms with Crippen molar-refractivity contribution in [1.29, 1.82) is 0 Å². The van der Waals surface area contributed by atoms with Gasteiger partial charge in [0.1, 0.15) is 5.75 Å². The number of hydrogen-bond donors (Lipinski definition) is 2. The SMILES string of the molecule is CCOc1ccc(NC(=O)c2cncc(C(=O)NCCCOC)c2)cc1. The first-order valence-electron chi connectivity index (χ1n) is 8.40. The lowest BCUT2D eigenvalue weighted by Crippen LogP contribution is -2.25. The molecular formula is C19H23N3O4. The number of rotatable bonds is 9. The van der Waals surface area contributed by atoms with Gasteiger partial charge in [-0.15, -0.1) is 0 Å². The van der Waals surface area contributed by atoms with Gasteiger partial charge in [0.05, 0.1) is 17.7 Å². The first-order chi connectivity index (χ1) is 12.6. The van der Waals surface area contributed by atoms with Crippen LogP contribution in [0.2, 0.25) is 0 Å². The van der Waals surface area contributed by atoms with E-state index in [-0.39, 0.29) is 11.8 Å². The van der Waals surface area contributed by atoms with E-state index in [9.17, 15) is 9.59 Å². The molecule has 26 heavy (non-hydrogen) atoms. The Morgan fingerprint density at radius 1 is 1.08 bits per heavy atom. The van der Waals surface area contributed by atoms with E-state index >= 15 is 0 Å². The van der Waals surface area contributed by atoms with E-state index in [2.05, 4.69) is 15.6 Å². The van der Waals surface area contributed by atoms with Gasteiger partial charge in [0.15, 0.2) is 0 Å². The molecule has 0 bridgehead atoms. The Bertz CT molecular complexity index is 732. The molecule has 1 aromatic carbocycles. The minimum Gasteiger partial charge on any atom is -0.494 e. The minimum absolute atomic E-state index is 0.274. The Morgan fingerprint density at radius 2 is 1.77 bits per heavy atom. The molecule has 138 valence electrons. The quantitative estimate of drug-likeness (QED) is 0.673. The summed E-state index contributed by atoms with van der Waals surface area (Å²) in [6.07, 6.45) is 3.57. The van der Waals surface area contributed by atoms with Crippen LogP contribution in [-0.2, 0) is 4.74 Å². The van der Waals surface area contributed by atoms with Crippen LogP contribution < -0.4 is 15.4 Å². The molecule has 0 spiro atoms. The second-order valence-electron chi connectivity index (χ2n) is 5.48. The van der Waals surface area contributed by atoms with Crippen molar-refractivity contribution in [2.45, 2.75) is 13.3 Å². The maximum absolute atomic E-state index is 12.4. The molecule has 0 saturated carbocycles. The number of ether oxygens (including phenoxy) is 2. The van der Waals surface area contributed by atoms with Crippen molar-refractivity contribution < 1.29 is 19.1 Å². The number of carbonyl (C=O) groups is 2. The number of methoxy groups -OCH3 is 1. The first-order valence-corrected chi connectivity index (χ1v) is 8.40. The fourth-order valence-corrected chi connectivity index (χ4v) is 2.21. The van der Waals surface area contributed by atoms with Crippen molar-refractivity contribution in [3.63, 3.8) is 0 Å². The zero-order valence-corrected chi connectivity index (χ0v) is 15.0. The van der Waals surface area contributed by atoms with E-state index < -0.39 is 0 Å². The molecule has 0 saturated heterocycles. The highest BCUT2D eigenvalue weighted by Crippen LogP contribution is 2.16. The first kappa shape index (κ1) is 19.4. The molecule has 2 amide bonds. The summed E-state index contributed by atoms with van der Waals surface area (Å²) in [6, 6.07) is 8.58. The summed E-state index contributed by atoms with van der Waals surface area (Å²) in [5, 5.41) is 5.53. The standard InChI is InChI=1S/C19H23N3O4/c1-3-26-17-7-5-16(6-8-17)22-19(24)15-11-14(12-20-13-15)18(23)21-9-4-10-25-2/h5-8,11-13H,3-4,9-10H2,1-2H3,(H,21,23)(H,22,24). The lowest BCUT2D eigenvalue weighted by Gasteiger charge is -2.08. The Balaban J connectivity index is 1.97. The van der Waals surface area contributed by atoms with Crippen LogP contribution in [0.1, 0.15) is 34.1 Å². The molecule has 0 aliphatic heterocycles. The number of hydrogen-bond acceptors (Lipinski definition) is 5. The Labute approximate surface area is 152 Å². The summed E-state index contributed by atoms with van der Waals surface area (Å²) in [5.74, 6) is 0.124. The summed E-state index contributed by atoms with van der Waals surface area (Å²) in [4.78, 5) is 28.5. The normalized spacial score (nSPS) is 10.2. The van der Waals surface area contributed by atoms with Gasteiger partial charge in [0.25, 0.3) is 11.8 Å². The van der Waals surface area contributed by atoms with Gasteiger partial charge >= 0.3 is 0 Å². The fraction of sp³-hybridized carbons (Fsp3) is 0.316. The van der Waals surface area contributed by atoms with Gasteiger partial charge in [0.2, 0.25) is 0 Å². The van der Waals surface area contributed by atoms with Crippen molar-refractivity contribution >= 4 is 17.5 Å². The molecule has 1 aromatic heterocycles. The molecule has 0 fully saturated rings. The summed E-state index contributed by atoms with van der Waals surface area (Å²) < 4.78 is 10.3. The van der Waals surface area contributed by atoms with Crippen LogP contribution in [-0.4, -0.2) is 43.7 Å². The van der Waals surface area contributed by atoms with Gasteiger partial charge in [0, 0.05) is 38.3 Å². The lowest BCUT2D eigenvalue weighted by molar-refractivity contribution is 0.0948. The van der Waals surface area contributed by atoms with Crippen molar-refractivity contribution in [3.8, 4) is 5.75 Å². The molecule has 7 nitrogen and oxygen atoms in total. The van der Waals surface area contributed by atoms with E-state index in [0.29, 0.717) is 43.0 Å². The zero-order valence-electron chi connectivity index (χ0n) is 15.0. The smallest absolute Gasteiger partial charge is 0.257 e. The third kappa shape index (κ3) is 5.86. The largest absolute Gasteiger partial charge is 0.494 e. The molecule has 2 rings (SSSR count). The number of aromatic nitrogens is 1. The van der Waals surface area contributed by atoms with Crippen LogP contribution in [0, 0.1) is 0 Å². The van der Waals surface area contributed by atoms with Crippen LogP contribution in [0.25, 0.3) is 0 Å². The van der Waals surface area contributed by atoms with Crippen LogP contribution in [0.5, 0.6) is 5.75 Å². The lowest BCUT2D eigenvalue weighted by atomic mass is 10.1. The Kier molecular flexibility index (Phi) is 7.57.